The molecule has 2 heterocycles. The Morgan fingerprint density at radius 1 is 1.28 bits per heavy atom. The van der Waals surface area contributed by atoms with Crippen molar-refractivity contribution < 1.29 is 0 Å². The number of hydrogen-bond acceptors (Lipinski definition) is 4. The van der Waals surface area contributed by atoms with Crippen molar-refractivity contribution in [1.29, 1.82) is 0 Å². The van der Waals surface area contributed by atoms with E-state index < -0.39 is 0 Å². The highest BCUT2D eigenvalue weighted by Gasteiger charge is 2.04. The van der Waals surface area contributed by atoms with Crippen LogP contribution < -0.4 is 11.1 Å². The van der Waals surface area contributed by atoms with Gasteiger partial charge in [0.2, 0.25) is 0 Å². The number of nitrogens with one attached hydrogen (secondary N) is 1. The maximum Gasteiger partial charge on any atom is 0.136 e. The molecule has 4 nitrogen and oxygen atoms in total. The van der Waals surface area contributed by atoms with Gasteiger partial charge in [0.1, 0.15) is 10.8 Å². The lowest BCUT2D eigenvalue weighted by Crippen LogP contribution is -2.15. The van der Waals surface area contributed by atoms with Crippen LogP contribution in [0, 0.1) is 0 Å². The number of hydrogen-bond donors (Lipinski definition) is 2. The van der Waals surface area contributed by atoms with E-state index >= 15 is 0 Å². The number of nitrogens with zero attached hydrogens (tertiary/aromatic N) is 2. The molecule has 0 spiro atoms. The number of pyridine rings is 2. The molecule has 0 aromatic carbocycles. The molecule has 0 amide bonds. The van der Waals surface area contributed by atoms with Gasteiger partial charge in [-0.2, -0.15) is 0 Å². The molecule has 0 aliphatic rings. The molecule has 0 aliphatic carbocycles. The SMILES string of the molecule is NC(=S)c1cccnc1NCCc1cccnc1. The van der Waals surface area contributed by atoms with Crippen LogP contribution in [-0.2, 0) is 6.42 Å². The van der Waals surface area contributed by atoms with Gasteiger partial charge in [-0.3, -0.25) is 4.98 Å². The van der Waals surface area contributed by atoms with Crippen molar-refractivity contribution in [3.05, 3.63) is 54.0 Å². The maximum atomic E-state index is 5.64. The quantitative estimate of drug-likeness (QED) is 0.800. The van der Waals surface area contributed by atoms with Crippen molar-refractivity contribution in [3.8, 4) is 0 Å². The molecule has 0 saturated heterocycles. The first-order valence-corrected chi connectivity index (χ1v) is 6.06. The van der Waals surface area contributed by atoms with E-state index in [4.69, 9.17) is 18.0 Å². The summed E-state index contributed by atoms with van der Waals surface area (Å²) in [4.78, 5) is 8.66. The normalized spacial score (nSPS) is 10.0. The zero-order valence-electron chi connectivity index (χ0n) is 9.84. The molecule has 0 aliphatic heterocycles. The summed E-state index contributed by atoms with van der Waals surface area (Å²) in [6.07, 6.45) is 6.21. The molecule has 2 aromatic heterocycles. The number of anilines is 1. The summed E-state index contributed by atoms with van der Waals surface area (Å²) in [5.74, 6) is 0.730. The summed E-state index contributed by atoms with van der Waals surface area (Å²) >= 11 is 4.98. The van der Waals surface area contributed by atoms with E-state index in [0.717, 1.165) is 24.3 Å². The summed E-state index contributed by atoms with van der Waals surface area (Å²) in [6.45, 7) is 0.762. The summed E-state index contributed by atoms with van der Waals surface area (Å²) < 4.78 is 0. The van der Waals surface area contributed by atoms with Gasteiger partial charge in [-0.1, -0.05) is 18.3 Å². The zero-order valence-corrected chi connectivity index (χ0v) is 10.7. The summed E-state index contributed by atoms with van der Waals surface area (Å²) in [5.41, 5.74) is 7.59. The molecule has 0 bridgehead atoms. The fourth-order valence-electron chi connectivity index (χ4n) is 1.62. The molecule has 2 rings (SSSR count). The van der Waals surface area contributed by atoms with Crippen molar-refractivity contribution in [2.24, 2.45) is 5.73 Å². The molecule has 0 unspecified atom stereocenters. The van der Waals surface area contributed by atoms with E-state index in [0.29, 0.717) is 4.99 Å². The lowest BCUT2D eigenvalue weighted by molar-refractivity contribution is 0.993. The molecule has 0 saturated carbocycles. The van der Waals surface area contributed by atoms with Crippen LogP contribution in [-0.4, -0.2) is 21.5 Å². The number of aromatic nitrogens is 2. The van der Waals surface area contributed by atoms with Crippen molar-refractivity contribution in [2.45, 2.75) is 6.42 Å². The Balaban J connectivity index is 1.97. The highest BCUT2D eigenvalue weighted by molar-refractivity contribution is 7.80. The first kappa shape index (κ1) is 12.4. The van der Waals surface area contributed by atoms with Gasteiger partial charge in [0.05, 0.1) is 5.56 Å². The Hall–Kier alpha value is -2.01. The zero-order chi connectivity index (χ0) is 12.8. The van der Waals surface area contributed by atoms with E-state index in [-0.39, 0.29) is 0 Å². The van der Waals surface area contributed by atoms with Crippen LogP contribution in [0.3, 0.4) is 0 Å². The van der Waals surface area contributed by atoms with Gasteiger partial charge in [0, 0.05) is 25.1 Å². The standard InChI is InChI=1S/C13H14N4S/c14-12(18)11-4-2-7-16-13(11)17-8-5-10-3-1-6-15-9-10/h1-4,6-7,9H,5,8H2,(H2,14,18)(H,16,17). The third kappa shape index (κ3) is 3.24. The molecule has 0 atom stereocenters. The van der Waals surface area contributed by atoms with Crippen molar-refractivity contribution in [2.75, 3.05) is 11.9 Å². The summed E-state index contributed by atoms with van der Waals surface area (Å²) in [5, 5.41) is 3.24. The predicted octanol–water partition coefficient (Wildman–Crippen LogP) is 1.77. The van der Waals surface area contributed by atoms with Gasteiger partial charge in [0.15, 0.2) is 0 Å². The average molecular weight is 258 g/mol. The van der Waals surface area contributed by atoms with Crippen molar-refractivity contribution in [1.82, 2.24) is 9.97 Å². The molecule has 0 fully saturated rings. The second-order valence-corrected chi connectivity index (χ2v) is 4.24. The van der Waals surface area contributed by atoms with E-state index in [1.54, 1.807) is 12.4 Å². The first-order valence-electron chi connectivity index (χ1n) is 5.65. The van der Waals surface area contributed by atoms with Crippen LogP contribution >= 0.6 is 12.2 Å². The Kier molecular flexibility index (Phi) is 4.20. The highest BCUT2D eigenvalue weighted by atomic mass is 32.1. The minimum atomic E-state index is 0.354. The lowest BCUT2D eigenvalue weighted by atomic mass is 10.2. The molecule has 18 heavy (non-hydrogen) atoms. The summed E-state index contributed by atoms with van der Waals surface area (Å²) in [6, 6.07) is 7.65. The Morgan fingerprint density at radius 3 is 2.83 bits per heavy atom. The Morgan fingerprint density at radius 2 is 2.11 bits per heavy atom. The second-order valence-electron chi connectivity index (χ2n) is 3.80. The minimum absolute atomic E-state index is 0.354. The third-order valence-electron chi connectivity index (χ3n) is 2.50. The van der Waals surface area contributed by atoms with Crippen LogP contribution in [0.2, 0.25) is 0 Å². The maximum absolute atomic E-state index is 5.64. The van der Waals surface area contributed by atoms with E-state index in [1.165, 1.54) is 5.56 Å². The average Bonchev–Trinajstić information content (AvgIpc) is 2.40. The molecule has 2 aromatic rings. The van der Waals surface area contributed by atoms with Gasteiger partial charge < -0.3 is 11.1 Å². The highest BCUT2D eigenvalue weighted by Crippen LogP contribution is 2.11. The van der Waals surface area contributed by atoms with Crippen molar-refractivity contribution >= 4 is 23.0 Å². The molecular formula is C13H14N4S. The van der Waals surface area contributed by atoms with E-state index in [2.05, 4.69) is 15.3 Å². The monoisotopic (exact) mass is 258 g/mol. The number of nitrogens with two attached hydrogens (primary N) is 1. The van der Waals surface area contributed by atoms with Crippen LogP contribution in [0.5, 0.6) is 0 Å². The smallest absolute Gasteiger partial charge is 0.136 e. The fraction of sp³-hybridized carbons (Fsp3) is 0.154. The predicted molar refractivity (Wildman–Crippen MR) is 76.6 cm³/mol. The van der Waals surface area contributed by atoms with Crippen LogP contribution in [0.25, 0.3) is 0 Å². The van der Waals surface area contributed by atoms with Crippen LogP contribution in [0.15, 0.2) is 42.9 Å². The Labute approximate surface area is 111 Å². The first-order chi connectivity index (χ1) is 8.77. The topological polar surface area (TPSA) is 63.8 Å². The minimum Gasteiger partial charge on any atom is -0.389 e. The summed E-state index contributed by atoms with van der Waals surface area (Å²) in [7, 11) is 0. The number of rotatable bonds is 5. The lowest BCUT2D eigenvalue weighted by Gasteiger charge is -2.09. The number of thiocarbonyl (C=S) groups is 1. The van der Waals surface area contributed by atoms with Gasteiger partial charge in [-0.05, 0) is 30.2 Å². The molecule has 0 radical (unpaired) electrons. The van der Waals surface area contributed by atoms with E-state index in [9.17, 15) is 0 Å². The van der Waals surface area contributed by atoms with E-state index in [1.807, 2.05) is 30.5 Å². The fourth-order valence-corrected chi connectivity index (χ4v) is 1.78. The van der Waals surface area contributed by atoms with Crippen molar-refractivity contribution in [3.63, 3.8) is 0 Å². The molecule has 5 heteroatoms. The molecule has 92 valence electrons. The van der Waals surface area contributed by atoms with Gasteiger partial charge in [-0.15, -0.1) is 0 Å². The second kappa shape index (κ2) is 6.07. The van der Waals surface area contributed by atoms with Gasteiger partial charge in [0.25, 0.3) is 0 Å². The van der Waals surface area contributed by atoms with Crippen LogP contribution in [0.1, 0.15) is 11.1 Å². The van der Waals surface area contributed by atoms with Crippen LogP contribution in [0.4, 0.5) is 5.82 Å². The molecule has 3 N–H and O–H groups in total. The largest absolute Gasteiger partial charge is 0.389 e. The Bertz CT molecular complexity index is 528. The molecular weight excluding hydrogens is 244 g/mol. The third-order valence-corrected chi connectivity index (χ3v) is 2.72. The van der Waals surface area contributed by atoms with Gasteiger partial charge >= 0.3 is 0 Å². The van der Waals surface area contributed by atoms with Gasteiger partial charge in [-0.25, -0.2) is 4.98 Å².